The topological polar surface area (TPSA) is 35.5 Å². The van der Waals surface area contributed by atoms with Gasteiger partial charge in [-0.05, 0) is 45.4 Å². The van der Waals surface area contributed by atoms with Crippen molar-refractivity contribution < 1.29 is 23.0 Å². The summed E-state index contributed by atoms with van der Waals surface area (Å²) in [7, 11) is 1.61. The van der Waals surface area contributed by atoms with Gasteiger partial charge in [0.05, 0.1) is 12.2 Å². The monoisotopic (exact) mass is 286 g/mol. The van der Waals surface area contributed by atoms with Crippen LogP contribution in [0.5, 0.6) is 0 Å². The highest BCUT2D eigenvalue weighted by Crippen LogP contribution is 2.15. The number of hydrogen-bond donors (Lipinski definition) is 0. The fourth-order valence-electron chi connectivity index (χ4n) is 1.54. The van der Waals surface area contributed by atoms with Gasteiger partial charge in [-0.3, -0.25) is 4.79 Å². The smallest absolute Gasteiger partial charge is 0.191 e. The van der Waals surface area contributed by atoms with Gasteiger partial charge in [0.25, 0.3) is 0 Å². The molecule has 0 fully saturated rings. The molecule has 1 rings (SSSR count). The van der Waals surface area contributed by atoms with Gasteiger partial charge in [0.1, 0.15) is 6.10 Å². The van der Waals surface area contributed by atoms with E-state index < -0.39 is 17.7 Å². The SMILES string of the molecule is COC(C)(C)CCOC(C)C(=O)c1ccc(F)c(F)c1. The Balaban J connectivity index is 2.57. The third kappa shape index (κ3) is 4.65. The minimum atomic E-state index is -1.04. The largest absolute Gasteiger partial charge is 0.379 e. The van der Waals surface area contributed by atoms with E-state index in [1.54, 1.807) is 14.0 Å². The van der Waals surface area contributed by atoms with Gasteiger partial charge >= 0.3 is 0 Å². The summed E-state index contributed by atoms with van der Waals surface area (Å²) in [5, 5.41) is 0. The summed E-state index contributed by atoms with van der Waals surface area (Å²) in [6.45, 7) is 5.76. The first-order chi connectivity index (χ1) is 9.26. The Hall–Kier alpha value is -1.33. The normalized spacial score (nSPS) is 13.3. The van der Waals surface area contributed by atoms with Crippen LogP contribution < -0.4 is 0 Å². The second kappa shape index (κ2) is 6.90. The van der Waals surface area contributed by atoms with E-state index in [1.807, 2.05) is 13.8 Å². The number of methoxy groups -OCH3 is 1. The molecule has 0 aliphatic rings. The highest BCUT2D eigenvalue weighted by Gasteiger charge is 2.20. The van der Waals surface area contributed by atoms with Crippen molar-refractivity contribution in [2.75, 3.05) is 13.7 Å². The minimum Gasteiger partial charge on any atom is -0.379 e. The van der Waals surface area contributed by atoms with Gasteiger partial charge in [-0.25, -0.2) is 8.78 Å². The number of hydrogen-bond acceptors (Lipinski definition) is 3. The van der Waals surface area contributed by atoms with Crippen LogP contribution in [0, 0.1) is 11.6 Å². The van der Waals surface area contributed by atoms with Gasteiger partial charge in [-0.2, -0.15) is 0 Å². The molecule has 0 spiro atoms. The molecule has 0 bridgehead atoms. The first-order valence-corrected chi connectivity index (χ1v) is 6.43. The van der Waals surface area contributed by atoms with Gasteiger partial charge < -0.3 is 9.47 Å². The summed E-state index contributed by atoms with van der Waals surface area (Å²) in [6.07, 6.45) is -0.0914. The van der Waals surface area contributed by atoms with Crippen LogP contribution in [0.2, 0.25) is 0 Å². The second-order valence-electron chi connectivity index (χ2n) is 5.22. The van der Waals surface area contributed by atoms with Crippen LogP contribution in [0.15, 0.2) is 18.2 Å². The minimum absolute atomic E-state index is 0.0994. The quantitative estimate of drug-likeness (QED) is 0.721. The lowest BCUT2D eigenvalue weighted by molar-refractivity contribution is -0.0197. The van der Waals surface area contributed by atoms with E-state index in [4.69, 9.17) is 9.47 Å². The molecule has 1 atom stereocenters. The van der Waals surface area contributed by atoms with Gasteiger partial charge in [0.15, 0.2) is 17.4 Å². The first-order valence-electron chi connectivity index (χ1n) is 6.43. The van der Waals surface area contributed by atoms with Crippen LogP contribution >= 0.6 is 0 Å². The Morgan fingerprint density at radius 2 is 1.95 bits per heavy atom. The maximum Gasteiger partial charge on any atom is 0.191 e. The third-order valence-electron chi connectivity index (χ3n) is 3.20. The lowest BCUT2D eigenvalue weighted by Crippen LogP contribution is -2.28. The van der Waals surface area contributed by atoms with Gasteiger partial charge in [0, 0.05) is 12.7 Å². The molecule has 0 saturated carbocycles. The zero-order valence-electron chi connectivity index (χ0n) is 12.2. The molecule has 1 unspecified atom stereocenters. The number of benzene rings is 1. The van der Waals surface area contributed by atoms with Crippen LogP contribution in [0.4, 0.5) is 8.78 Å². The molecule has 0 aliphatic heterocycles. The summed E-state index contributed by atoms with van der Waals surface area (Å²) in [5.41, 5.74) is -0.229. The number of carbonyl (C=O) groups is 1. The molecule has 112 valence electrons. The second-order valence-corrected chi connectivity index (χ2v) is 5.22. The van der Waals surface area contributed by atoms with Crippen LogP contribution in [0.25, 0.3) is 0 Å². The molecule has 1 aromatic carbocycles. The van der Waals surface area contributed by atoms with Crippen molar-refractivity contribution in [1.82, 2.24) is 0 Å². The molecule has 3 nitrogen and oxygen atoms in total. The van der Waals surface area contributed by atoms with E-state index in [2.05, 4.69) is 0 Å². The molecule has 5 heteroatoms. The third-order valence-corrected chi connectivity index (χ3v) is 3.20. The molecule has 0 aliphatic carbocycles. The Labute approximate surface area is 117 Å². The van der Waals surface area contributed by atoms with Gasteiger partial charge in [-0.1, -0.05) is 0 Å². The molecule has 0 aromatic heterocycles. The first kappa shape index (κ1) is 16.7. The highest BCUT2D eigenvalue weighted by atomic mass is 19.2. The Morgan fingerprint density at radius 1 is 1.30 bits per heavy atom. The van der Waals surface area contributed by atoms with Crippen LogP contribution in [-0.4, -0.2) is 31.2 Å². The van der Waals surface area contributed by atoms with Crippen LogP contribution in [0.1, 0.15) is 37.6 Å². The van der Waals surface area contributed by atoms with Gasteiger partial charge in [-0.15, -0.1) is 0 Å². The van der Waals surface area contributed by atoms with Crippen LogP contribution in [-0.2, 0) is 9.47 Å². The molecule has 0 heterocycles. The number of halogens is 2. The molecule has 20 heavy (non-hydrogen) atoms. The number of ketones is 1. The van der Waals surface area contributed by atoms with Gasteiger partial charge in [0.2, 0.25) is 0 Å². The molecule has 0 radical (unpaired) electrons. The molecule has 0 amide bonds. The zero-order chi connectivity index (χ0) is 15.3. The van der Waals surface area contributed by atoms with Crippen molar-refractivity contribution in [1.29, 1.82) is 0 Å². The van der Waals surface area contributed by atoms with E-state index in [-0.39, 0.29) is 16.9 Å². The average molecular weight is 286 g/mol. The lowest BCUT2D eigenvalue weighted by atomic mass is 10.1. The Morgan fingerprint density at radius 3 is 2.50 bits per heavy atom. The van der Waals surface area contributed by atoms with Crippen molar-refractivity contribution in [2.24, 2.45) is 0 Å². The summed E-state index contributed by atoms with van der Waals surface area (Å²) >= 11 is 0. The van der Waals surface area contributed by atoms with E-state index in [0.29, 0.717) is 13.0 Å². The van der Waals surface area contributed by atoms with Crippen molar-refractivity contribution in [3.05, 3.63) is 35.4 Å². The molecule has 0 N–H and O–H groups in total. The summed E-state index contributed by atoms with van der Waals surface area (Å²) in [5.74, 6) is -2.39. The predicted molar refractivity (Wildman–Crippen MR) is 71.8 cm³/mol. The van der Waals surface area contributed by atoms with E-state index in [9.17, 15) is 13.6 Å². The number of Topliss-reactive ketones (excluding diaryl/α,β-unsaturated/α-hetero) is 1. The number of rotatable bonds is 7. The summed E-state index contributed by atoms with van der Waals surface area (Å²) in [4.78, 5) is 12.0. The maximum absolute atomic E-state index is 13.1. The molecular formula is C15H20F2O3. The fraction of sp³-hybridized carbons (Fsp3) is 0.533. The van der Waals surface area contributed by atoms with Crippen LogP contribution in [0.3, 0.4) is 0 Å². The zero-order valence-corrected chi connectivity index (χ0v) is 12.2. The van der Waals surface area contributed by atoms with E-state index in [1.165, 1.54) is 6.07 Å². The van der Waals surface area contributed by atoms with Crippen molar-refractivity contribution in [3.63, 3.8) is 0 Å². The standard InChI is InChI=1S/C15H20F2O3/c1-10(20-8-7-15(2,3)19-4)14(18)11-5-6-12(16)13(17)9-11/h5-6,9-10H,7-8H2,1-4H3. The van der Waals surface area contributed by atoms with Crippen molar-refractivity contribution in [2.45, 2.75) is 38.9 Å². The molecule has 0 saturated heterocycles. The average Bonchev–Trinajstić information content (AvgIpc) is 2.40. The Kier molecular flexibility index (Phi) is 5.77. The number of carbonyl (C=O) groups excluding carboxylic acids is 1. The lowest BCUT2D eigenvalue weighted by Gasteiger charge is -2.23. The molecular weight excluding hydrogens is 266 g/mol. The van der Waals surface area contributed by atoms with Crippen molar-refractivity contribution >= 4 is 5.78 Å². The molecule has 1 aromatic rings. The van der Waals surface area contributed by atoms with E-state index >= 15 is 0 Å². The summed E-state index contributed by atoms with van der Waals surface area (Å²) in [6, 6.07) is 3.07. The van der Waals surface area contributed by atoms with E-state index in [0.717, 1.165) is 12.1 Å². The maximum atomic E-state index is 13.1. The Bertz CT molecular complexity index is 472. The van der Waals surface area contributed by atoms with Crippen molar-refractivity contribution in [3.8, 4) is 0 Å². The fourth-order valence-corrected chi connectivity index (χ4v) is 1.54. The number of ether oxygens (including phenoxy) is 2. The highest BCUT2D eigenvalue weighted by molar-refractivity contribution is 5.99. The predicted octanol–water partition coefficient (Wildman–Crippen LogP) is 3.37. The summed E-state index contributed by atoms with van der Waals surface area (Å²) < 4.78 is 36.5.